The van der Waals surface area contributed by atoms with Crippen molar-refractivity contribution in [2.24, 2.45) is 5.92 Å². The Bertz CT molecular complexity index is 758. The molecule has 1 amide bonds. The number of carbonyl (C=O) groups is 1. The van der Waals surface area contributed by atoms with E-state index in [9.17, 15) is 4.79 Å². The number of carbonyl (C=O) groups excluding carboxylic acids is 1. The predicted octanol–water partition coefficient (Wildman–Crippen LogP) is 4.06. The fourth-order valence-corrected chi connectivity index (χ4v) is 5.28. The first-order valence-corrected chi connectivity index (χ1v) is 10.3. The molecule has 1 aromatic rings. The molecule has 3 aliphatic rings. The number of nitrogens with zero attached hydrogens (tertiary/aromatic N) is 1. The molecular weight excluding hydrogens is 356 g/mol. The highest BCUT2D eigenvalue weighted by molar-refractivity contribution is 5.96. The number of hydrogen-bond donors (Lipinski definition) is 1. The van der Waals surface area contributed by atoms with Crippen LogP contribution < -0.4 is 19.6 Å². The Morgan fingerprint density at radius 2 is 1.71 bits per heavy atom. The topological polar surface area (TPSA) is 60.0 Å². The molecule has 1 saturated carbocycles. The van der Waals surface area contributed by atoms with Gasteiger partial charge in [-0.25, -0.2) is 5.01 Å². The van der Waals surface area contributed by atoms with Gasteiger partial charge in [-0.2, -0.15) is 0 Å². The quantitative estimate of drug-likeness (QED) is 0.846. The van der Waals surface area contributed by atoms with Crippen LogP contribution in [-0.2, 0) is 0 Å². The molecule has 2 aliphatic carbocycles. The Morgan fingerprint density at radius 1 is 1.04 bits per heavy atom. The molecule has 1 aliphatic heterocycles. The lowest BCUT2D eigenvalue weighted by atomic mass is 9.69. The van der Waals surface area contributed by atoms with Gasteiger partial charge in [0.05, 0.1) is 26.9 Å². The molecule has 2 fully saturated rings. The first kappa shape index (κ1) is 19.0. The molecule has 28 heavy (non-hydrogen) atoms. The Labute approximate surface area is 166 Å². The van der Waals surface area contributed by atoms with Crippen molar-refractivity contribution in [3.63, 3.8) is 0 Å². The average molecular weight is 386 g/mol. The second-order valence-corrected chi connectivity index (χ2v) is 7.97. The summed E-state index contributed by atoms with van der Waals surface area (Å²) in [5.74, 6) is 1.89. The van der Waals surface area contributed by atoms with Crippen molar-refractivity contribution in [2.45, 2.75) is 56.9 Å². The second kappa shape index (κ2) is 7.57. The molecule has 6 heteroatoms. The highest BCUT2D eigenvalue weighted by atomic mass is 16.5. The van der Waals surface area contributed by atoms with Crippen molar-refractivity contribution in [1.82, 2.24) is 10.4 Å². The van der Waals surface area contributed by atoms with E-state index in [1.807, 2.05) is 5.01 Å². The minimum Gasteiger partial charge on any atom is -0.493 e. The third kappa shape index (κ3) is 2.90. The zero-order valence-electron chi connectivity index (χ0n) is 17.0. The number of hydrogen-bond acceptors (Lipinski definition) is 5. The van der Waals surface area contributed by atoms with E-state index >= 15 is 0 Å². The fraction of sp³-hybridized carbons (Fsp3) is 0.591. The van der Waals surface area contributed by atoms with Crippen molar-refractivity contribution in [1.29, 1.82) is 0 Å². The Morgan fingerprint density at radius 3 is 2.32 bits per heavy atom. The Balaban J connectivity index is 1.74. The minimum atomic E-state index is -0.123. The van der Waals surface area contributed by atoms with Crippen LogP contribution in [0.15, 0.2) is 23.9 Å². The van der Waals surface area contributed by atoms with E-state index in [2.05, 4.69) is 11.5 Å². The van der Waals surface area contributed by atoms with Crippen LogP contribution in [0.1, 0.15) is 61.7 Å². The van der Waals surface area contributed by atoms with Gasteiger partial charge in [-0.1, -0.05) is 25.3 Å². The molecule has 1 heterocycles. The van der Waals surface area contributed by atoms with E-state index in [-0.39, 0.29) is 11.4 Å². The maximum atomic E-state index is 13.7. The van der Waals surface area contributed by atoms with E-state index in [0.29, 0.717) is 28.7 Å². The summed E-state index contributed by atoms with van der Waals surface area (Å²) in [5, 5.41) is 1.93. The van der Waals surface area contributed by atoms with E-state index < -0.39 is 0 Å². The smallest absolute Gasteiger partial charge is 0.273 e. The maximum Gasteiger partial charge on any atom is 0.273 e. The number of amides is 1. The fourth-order valence-electron chi connectivity index (χ4n) is 5.28. The van der Waals surface area contributed by atoms with Crippen LogP contribution in [0, 0.1) is 5.92 Å². The van der Waals surface area contributed by atoms with Crippen LogP contribution in [0.3, 0.4) is 0 Å². The summed E-state index contributed by atoms with van der Waals surface area (Å²) in [5.41, 5.74) is 5.14. The normalized spacial score (nSPS) is 22.9. The van der Waals surface area contributed by atoms with Crippen LogP contribution in [0.5, 0.6) is 17.2 Å². The van der Waals surface area contributed by atoms with Crippen molar-refractivity contribution in [3.05, 3.63) is 29.5 Å². The molecule has 0 bridgehead atoms. The lowest BCUT2D eigenvalue weighted by Gasteiger charge is -2.44. The summed E-state index contributed by atoms with van der Waals surface area (Å²) < 4.78 is 16.3. The largest absolute Gasteiger partial charge is 0.493 e. The summed E-state index contributed by atoms with van der Waals surface area (Å²) in [6, 6.07) is 3.50. The number of nitrogens with one attached hydrogen (secondary N) is 1. The summed E-state index contributed by atoms with van der Waals surface area (Å²) in [4.78, 5) is 13.7. The molecule has 1 aromatic carbocycles. The Hall–Kier alpha value is -2.37. The van der Waals surface area contributed by atoms with Gasteiger partial charge in [0.2, 0.25) is 5.75 Å². The molecule has 1 N–H and O–H groups in total. The number of fused-ring (bicyclic) bond motifs is 2. The van der Waals surface area contributed by atoms with Gasteiger partial charge in [-0.3, -0.25) is 10.2 Å². The maximum absolute atomic E-state index is 13.7. The summed E-state index contributed by atoms with van der Waals surface area (Å²) >= 11 is 0. The predicted molar refractivity (Wildman–Crippen MR) is 107 cm³/mol. The van der Waals surface area contributed by atoms with Crippen LogP contribution in [-0.4, -0.2) is 37.8 Å². The van der Waals surface area contributed by atoms with E-state index in [1.54, 1.807) is 33.5 Å². The second-order valence-electron chi connectivity index (χ2n) is 7.97. The summed E-state index contributed by atoms with van der Waals surface area (Å²) in [6.07, 6.45) is 11.4. The SMILES string of the molecule is COc1cc(C(=O)N2NC3=CCCC[C@H]3C23CCCCC3)cc(OC)c1OC. The van der Waals surface area contributed by atoms with Gasteiger partial charge in [0.25, 0.3) is 5.91 Å². The summed E-state index contributed by atoms with van der Waals surface area (Å²) in [7, 11) is 4.71. The van der Waals surface area contributed by atoms with E-state index in [0.717, 1.165) is 25.7 Å². The molecule has 0 unspecified atom stereocenters. The number of ether oxygens (including phenoxy) is 3. The third-order valence-electron chi connectivity index (χ3n) is 6.61. The van der Waals surface area contributed by atoms with Crippen LogP contribution in [0.4, 0.5) is 0 Å². The van der Waals surface area contributed by atoms with Crippen LogP contribution >= 0.6 is 0 Å². The standard InChI is InChI=1S/C22H30N2O4/c1-26-18-13-15(14-19(27-2)20(18)28-3)21(25)24-22(11-7-4-8-12-22)16-9-5-6-10-17(16)23-24/h10,13-14,16,23H,4-9,11-12H2,1-3H3/t16-/m1/s1. The van der Waals surface area contributed by atoms with Gasteiger partial charge < -0.3 is 14.2 Å². The van der Waals surface area contributed by atoms with Gasteiger partial charge in [0.15, 0.2) is 11.5 Å². The van der Waals surface area contributed by atoms with Gasteiger partial charge in [0, 0.05) is 17.2 Å². The molecule has 6 nitrogen and oxygen atoms in total. The number of methoxy groups -OCH3 is 3. The van der Waals surface area contributed by atoms with Crippen molar-refractivity contribution in [2.75, 3.05) is 21.3 Å². The van der Waals surface area contributed by atoms with E-state index in [4.69, 9.17) is 14.2 Å². The average Bonchev–Trinajstić information content (AvgIpc) is 3.06. The van der Waals surface area contributed by atoms with Gasteiger partial charge in [0.1, 0.15) is 0 Å². The van der Waals surface area contributed by atoms with Gasteiger partial charge >= 0.3 is 0 Å². The number of benzene rings is 1. The zero-order valence-corrected chi connectivity index (χ0v) is 17.0. The lowest BCUT2D eigenvalue weighted by Crippen LogP contribution is -2.54. The highest BCUT2D eigenvalue weighted by Crippen LogP contribution is 2.50. The van der Waals surface area contributed by atoms with Gasteiger partial charge in [-0.05, 0) is 44.2 Å². The lowest BCUT2D eigenvalue weighted by molar-refractivity contribution is 0.0225. The van der Waals surface area contributed by atoms with E-state index in [1.165, 1.54) is 31.4 Å². The monoisotopic (exact) mass is 386 g/mol. The van der Waals surface area contributed by atoms with Crippen molar-refractivity contribution in [3.8, 4) is 17.2 Å². The molecule has 152 valence electrons. The van der Waals surface area contributed by atoms with Crippen LogP contribution in [0.25, 0.3) is 0 Å². The molecule has 1 spiro atoms. The molecule has 1 saturated heterocycles. The van der Waals surface area contributed by atoms with Crippen molar-refractivity contribution >= 4 is 5.91 Å². The molecule has 0 aromatic heterocycles. The third-order valence-corrected chi connectivity index (χ3v) is 6.61. The zero-order chi connectivity index (χ0) is 19.7. The molecule has 4 rings (SSSR count). The van der Waals surface area contributed by atoms with Crippen LogP contribution in [0.2, 0.25) is 0 Å². The summed E-state index contributed by atoms with van der Waals surface area (Å²) in [6.45, 7) is 0. The molecule has 0 radical (unpaired) electrons. The number of rotatable bonds is 4. The molecular formula is C22H30N2O4. The first-order valence-electron chi connectivity index (χ1n) is 10.3. The first-order chi connectivity index (χ1) is 13.6. The van der Waals surface area contributed by atoms with Gasteiger partial charge in [-0.15, -0.1) is 0 Å². The number of hydrazine groups is 1. The van der Waals surface area contributed by atoms with Crippen molar-refractivity contribution < 1.29 is 19.0 Å². The minimum absolute atomic E-state index is 0.0311. The molecule has 1 atom stereocenters. The number of allylic oxidation sites excluding steroid dienone is 1. The Kier molecular flexibility index (Phi) is 5.13. The highest BCUT2D eigenvalue weighted by Gasteiger charge is 2.54.